The zero-order valence-electron chi connectivity index (χ0n) is 20.0. The zero-order valence-corrected chi connectivity index (χ0v) is 20.8. The predicted octanol–water partition coefficient (Wildman–Crippen LogP) is 7.67. The Morgan fingerprint density at radius 1 is 1.00 bits per heavy atom. The van der Waals surface area contributed by atoms with Gasteiger partial charge in [-0.3, -0.25) is 0 Å². The van der Waals surface area contributed by atoms with Gasteiger partial charge in [0.25, 0.3) is 0 Å². The first-order valence-electron chi connectivity index (χ1n) is 11.4. The molecule has 0 aliphatic carbocycles. The molecule has 1 heterocycles. The predicted molar refractivity (Wildman–Crippen MR) is 131 cm³/mol. The summed E-state index contributed by atoms with van der Waals surface area (Å²) in [5.41, 5.74) is 2.38. The molecule has 0 aromatic heterocycles. The van der Waals surface area contributed by atoms with E-state index >= 15 is 0 Å². The molecule has 0 saturated heterocycles. The van der Waals surface area contributed by atoms with Crippen LogP contribution in [0, 0.1) is 0 Å². The summed E-state index contributed by atoms with van der Waals surface area (Å²) in [7, 11) is 0. The summed E-state index contributed by atoms with van der Waals surface area (Å²) in [6, 6.07) is 15.9. The Hall–Kier alpha value is -1.94. The van der Waals surface area contributed by atoms with E-state index in [0.29, 0.717) is 28.9 Å². The molecule has 31 heavy (non-hydrogen) atoms. The third-order valence-electron chi connectivity index (χ3n) is 5.23. The molecule has 0 radical (unpaired) electrons. The van der Waals surface area contributed by atoms with Crippen molar-refractivity contribution >= 4 is 17.7 Å². The number of fused-ring (bicyclic) bond motifs is 1. The minimum atomic E-state index is -0.300. The van der Waals surface area contributed by atoms with Crippen molar-refractivity contribution in [2.75, 3.05) is 13.2 Å². The molecule has 0 saturated carbocycles. The van der Waals surface area contributed by atoms with Gasteiger partial charge in [0.15, 0.2) is 0 Å². The lowest BCUT2D eigenvalue weighted by Gasteiger charge is -2.41. The van der Waals surface area contributed by atoms with Crippen molar-refractivity contribution in [1.29, 1.82) is 0 Å². The number of rotatable bonds is 7. The lowest BCUT2D eigenvalue weighted by atomic mass is 9.77. The molecule has 0 spiro atoms. The second kappa shape index (κ2) is 11.6. The first kappa shape index (κ1) is 25.3. The van der Waals surface area contributed by atoms with E-state index in [4.69, 9.17) is 9.47 Å². The van der Waals surface area contributed by atoms with Gasteiger partial charge in [0.2, 0.25) is 0 Å². The van der Waals surface area contributed by atoms with Gasteiger partial charge in [0, 0.05) is 9.64 Å². The van der Waals surface area contributed by atoms with Gasteiger partial charge >= 0.3 is 5.97 Å². The molecule has 0 amide bonds. The van der Waals surface area contributed by atoms with Crippen LogP contribution in [0.5, 0.6) is 5.75 Å². The highest BCUT2D eigenvalue weighted by Gasteiger charge is 2.37. The lowest BCUT2D eigenvalue weighted by molar-refractivity contribution is 0.0526. The summed E-state index contributed by atoms with van der Waals surface area (Å²) >= 11 is 2.02. The van der Waals surface area contributed by atoms with Crippen molar-refractivity contribution in [2.45, 2.75) is 82.3 Å². The van der Waals surface area contributed by atoms with Crippen molar-refractivity contribution in [1.82, 2.24) is 0 Å². The highest BCUT2D eigenvalue weighted by molar-refractivity contribution is 8.00. The minimum absolute atomic E-state index is 0.300. The van der Waals surface area contributed by atoms with Gasteiger partial charge in [-0.15, -0.1) is 11.8 Å². The number of carbonyl (C=O) groups is 1. The van der Waals surface area contributed by atoms with Gasteiger partial charge < -0.3 is 9.47 Å². The molecule has 170 valence electrons. The third kappa shape index (κ3) is 7.92. The zero-order chi connectivity index (χ0) is 22.9. The Morgan fingerprint density at radius 2 is 1.74 bits per heavy atom. The smallest absolute Gasteiger partial charge is 0.338 e. The molecule has 4 heteroatoms. The van der Waals surface area contributed by atoms with Gasteiger partial charge in [-0.25, -0.2) is 4.79 Å². The van der Waals surface area contributed by atoms with Crippen molar-refractivity contribution in [2.24, 2.45) is 0 Å². The number of carbonyl (C=O) groups excluding carboxylic acids is 1. The van der Waals surface area contributed by atoms with E-state index in [9.17, 15) is 4.79 Å². The van der Waals surface area contributed by atoms with E-state index in [2.05, 4.69) is 58.9 Å². The van der Waals surface area contributed by atoms with Crippen LogP contribution in [0.3, 0.4) is 0 Å². The topological polar surface area (TPSA) is 35.5 Å². The van der Waals surface area contributed by atoms with Crippen LogP contribution >= 0.6 is 11.8 Å². The van der Waals surface area contributed by atoms with Crippen molar-refractivity contribution in [3.63, 3.8) is 0 Å². The average molecular weight is 443 g/mol. The SMILES string of the molecule is CC1(C)CC(C)(C)c2ccccc2S1.CCCCCOc1cccc(C(=O)OCC)c1. The second-order valence-corrected chi connectivity index (χ2v) is 11.0. The molecule has 2 aromatic carbocycles. The van der Waals surface area contributed by atoms with Crippen LogP contribution in [0.1, 0.15) is 83.1 Å². The lowest BCUT2D eigenvalue weighted by Crippen LogP contribution is -2.33. The number of thioether (sulfide) groups is 1. The maximum atomic E-state index is 11.5. The van der Waals surface area contributed by atoms with Gasteiger partial charge in [-0.1, -0.05) is 71.7 Å². The largest absolute Gasteiger partial charge is 0.494 e. The summed E-state index contributed by atoms with van der Waals surface area (Å²) in [6.07, 6.45) is 4.63. The summed E-state index contributed by atoms with van der Waals surface area (Å²) in [5.74, 6) is 0.429. The summed E-state index contributed by atoms with van der Waals surface area (Å²) in [5, 5.41) is 0. The molecule has 2 aromatic rings. The van der Waals surface area contributed by atoms with E-state index in [-0.39, 0.29) is 5.97 Å². The Kier molecular flexibility index (Phi) is 9.49. The molecule has 1 aliphatic rings. The van der Waals surface area contributed by atoms with E-state index < -0.39 is 0 Å². The third-order valence-corrected chi connectivity index (χ3v) is 6.50. The van der Waals surface area contributed by atoms with Crippen LogP contribution in [-0.2, 0) is 10.2 Å². The van der Waals surface area contributed by atoms with E-state index in [1.165, 1.54) is 23.3 Å². The molecule has 0 bridgehead atoms. The molecule has 1 aliphatic heterocycles. The maximum Gasteiger partial charge on any atom is 0.338 e. The normalized spacial score (nSPS) is 15.8. The Morgan fingerprint density at radius 3 is 2.45 bits per heavy atom. The number of hydrogen-bond acceptors (Lipinski definition) is 4. The van der Waals surface area contributed by atoms with Crippen LogP contribution in [0.4, 0.5) is 0 Å². The van der Waals surface area contributed by atoms with Crippen molar-refractivity contribution in [3.05, 3.63) is 59.7 Å². The van der Waals surface area contributed by atoms with Crippen LogP contribution in [0.2, 0.25) is 0 Å². The summed E-state index contributed by atoms with van der Waals surface area (Å²) in [6.45, 7) is 14.4. The molecule has 3 rings (SSSR count). The average Bonchev–Trinajstić information content (AvgIpc) is 2.71. The number of hydrogen-bond donors (Lipinski definition) is 0. The fraction of sp³-hybridized carbons (Fsp3) is 0.519. The van der Waals surface area contributed by atoms with Gasteiger partial charge in [-0.05, 0) is 55.0 Å². The van der Waals surface area contributed by atoms with Gasteiger partial charge in [0.1, 0.15) is 5.75 Å². The molecule has 0 N–H and O–H groups in total. The highest BCUT2D eigenvalue weighted by atomic mass is 32.2. The number of esters is 1. The fourth-order valence-corrected chi connectivity index (χ4v) is 5.71. The molecular formula is C27H38O3S. The van der Waals surface area contributed by atoms with Crippen LogP contribution in [-0.4, -0.2) is 23.9 Å². The standard InChI is InChI=1S/C14H20O3.C13H18S/c1-3-5-6-10-17-13-9-7-8-12(11-13)14(15)16-4-2;1-12(2)9-13(3,4)14-11-8-6-5-7-10(11)12/h7-9,11H,3-6,10H2,1-2H3;5-8H,9H2,1-4H3. The first-order chi connectivity index (χ1) is 14.7. The Balaban J connectivity index is 0.000000224. The fourth-order valence-electron chi connectivity index (χ4n) is 4.08. The molecule has 0 unspecified atom stereocenters. The van der Waals surface area contributed by atoms with E-state index in [1.54, 1.807) is 25.1 Å². The van der Waals surface area contributed by atoms with Crippen molar-refractivity contribution in [3.8, 4) is 5.75 Å². The maximum absolute atomic E-state index is 11.5. The Labute approximate surface area is 192 Å². The summed E-state index contributed by atoms with van der Waals surface area (Å²) in [4.78, 5) is 13.0. The van der Waals surface area contributed by atoms with E-state index in [0.717, 1.165) is 18.6 Å². The highest BCUT2D eigenvalue weighted by Crippen LogP contribution is 2.50. The first-order valence-corrected chi connectivity index (χ1v) is 12.2. The van der Waals surface area contributed by atoms with Crippen LogP contribution in [0.15, 0.2) is 53.4 Å². The van der Waals surface area contributed by atoms with Crippen LogP contribution < -0.4 is 4.74 Å². The minimum Gasteiger partial charge on any atom is -0.494 e. The molecule has 3 nitrogen and oxygen atoms in total. The molecule has 0 fully saturated rings. The quantitative estimate of drug-likeness (QED) is 0.325. The van der Waals surface area contributed by atoms with Gasteiger partial charge in [0.05, 0.1) is 18.8 Å². The number of unbranched alkanes of at least 4 members (excludes halogenated alkanes) is 2. The molecular weight excluding hydrogens is 404 g/mol. The molecule has 0 atom stereocenters. The number of benzene rings is 2. The van der Waals surface area contributed by atoms with Crippen molar-refractivity contribution < 1.29 is 14.3 Å². The van der Waals surface area contributed by atoms with Gasteiger partial charge in [-0.2, -0.15) is 0 Å². The second-order valence-electron chi connectivity index (χ2n) is 9.22. The Bertz CT molecular complexity index is 842. The summed E-state index contributed by atoms with van der Waals surface area (Å²) < 4.78 is 10.9. The monoisotopic (exact) mass is 442 g/mol. The number of ether oxygens (including phenoxy) is 2. The van der Waals surface area contributed by atoms with E-state index in [1.807, 2.05) is 17.8 Å². The van der Waals surface area contributed by atoms with Crippen LogP contribution in [0.25, 0.3) is 0 Å².